The lowest BCUT2D eigenvalue weighted by Gasteiger charge is -2.26. The van der Waals surface area contributed by atoms with Crippen molar-refractivity contribution < 1.29 is 8.42 Å². The Hall–Kier alpha value is -0.170. The number of rotatable bonds is 6. The van der Waals surface area contributed by atoms with E-state index in [9.17, 15) is 8.42 Å². The quantitative estimate of drug-likeness (QED) is 0.570. The third kappa shape index (κ3) is 3.91. The zero-order chi connectivity index (χ0) is 10.6. The van der Waals surface area contributed by atoms with Crippen molar-refractivity contribution in [1.82, 2.24) is 14.8 Å². The molecule has 1 rings (SSSR count). The summed E-state index contributed by atoms with van der Waals surface area (Å²) in [6, 6.07) is 0.297. The van der Waals surface area contributed by atoms with Crippen LogP contribution >= 0.6 is 0 Å². The lowest BCUT2D eigenvalue weighted by molar-refractivity contribution is 0.381. The molecule has 1 atom stereocenters. The summed E-state index contributed by atoms with van der Waals surface area (Å²) in [7, 11) is -1.48. The van der Waals surface area contributed by atoms with E-state index in [4.69, 9.17) is 0 Å². The highest BCUT2D eigenvalue weighted by Gasteiger charge is 2.22. The molecule has 0 radical (unpaired) electrons. The summed E-state index contributed by atoms with van der Waals surface area (Å²) < 4.78 is 27.9. The molecule has 0 amide bonds. The van der Waals surface area contributed by atoms with Crippen LogP contribution in [0.1, 0.15) is 26.2 Å². The molecule has 6 heteroatoms. The maximum Gasteiger partial charge on any atom is 0.277 e. The lowest BCUT2D eigenvalue weighted by atomic mass is 9.94. The Bertz CT molecular complexity index is 262. The molecule has 1 aliphatic carbocycles. The van der Waals surface area contributed by atoms with Gasteiger partial charge in [0.1, 0.15) is 0 Å². The fourth-order valence-electron chi connectivity index (χ4n) is 1.12. The molecule has 1 aliphatic rings. The van der Waals surface area contributed by atoms with E-state index in [2.05, 4.69) is 14.8 Å². The molecule has 5 nitrogen and oxygen atoms in total. The second-order valence-corrected chi connectivity index (χ2v) is 5.32. The highest BCUT2D eigenvalue weighted by atomic mass is 32.2. The molecule has 1 saturated carbocycles. The van der Waals surface area contributed by atoms with Crippen molar-refractivity contribution in [2.45, 2.75) is 38.3 Å². The van der Waals surface area contributed by atoms with Gasteiger partial charge in [0, 0.05) is 18.6 Å². The number of nitrogens with one attached hydrogen (secondary N) is 3. The summed E-state index contributed by atoms with van der Waals surface area (Å²) in [5, 5.41) is 2.96. The standard InChI is InChI=1S/C8H19N3O2S/c1-7(9-2)6-10-14(12,13)11-8-4-3-5-8/h7-11H,3-6H2,1-2H3. The SMILES string of the molecule is CNC(C)CNS(=O)(=O)NC1CCC1. The molecule has 0 heterocycles. The maximum atomic E-state index is 11.4. The molecule has 0 bridgehead atoms. The topological polar surface area (TPSA) is 70.2 Å². The average Bonchev–Trinajstić information content (AvgIpc) is 2.08. The van der Waals surface area contributed by atoms with Gasteiger partial charge in [-0.25, -0.2) is 4.72 Å². The number of hydrogen-bond acceptors (Lipinski definition) is 3. The van der Waals surface area contributed by atoms with Crippen molar-refractivity contribution in [2.24, 2.45) is 0 Å². The Kier molecular flexibility index (Phi) is 4.31. The molecule has 1 unspecified atom stereocenters. The predicted octanol–water partition coefficient (Wildman–Crippen LogP) is -0.429. The van der Waals surface area contributed by atoms with Gasteiger partial charge in [0.25, 0.3) is 10.2 Å². The zero-order valence-electron chi connectivity index (χ0n) is 8.71. The van der Waals surface area contributed by atoms with Crippen molar-refractivity contribution in [3.8, 4) is 0 Å². The van der Waals surface area contributed by atoms with E-state index >= 15 is 0 Å². The van der Waals surface area contributed by atoms with Gasteiger partial charge >= 0.3 is 0 Å². The van der Waals surface area contributed by atoms with Gasteiger partial charge in [0.2, 0.25) is 0 Å². The van der Waals surface area contributed by atoms with E-state index in [-0.39, 0.29) is 12.1 Å². The largest absolute Gasteiger partial charge is 0.316 e. The minimum atomic E-state index is -3.29. The first kappa shape index (κ1) is 11.9. The van der Waals surface area contributed by atoms with Gasteiger partial charge in [-0.05, 0) is 26.8 Å². The molecule has 0 aromatic heterocycles. The summed E-state index contributed by atoms with van der Waals surface area (Å²) >= 11 is 0. The first-order chi connectivity index (χ1) is 6.53. The third-order valence-corrected chi connectivity index (χ3v) is 3.69. The Labute approximate surface area is 85.8 Å². The molecule has 0 spiro atoms. The van der Waals surface area contributed by atoms with Crippen LogP contribution in [0.5, 0.6) is 0 Å². The molecule has 0 aromatic rings. The normalized spacial score (nSPS) is 20.4. The summed E-state index contributed by atoms with van der Waals surface area (Å²) in [5.74, 6) is 0. The van der Waals surface area contributed by atoms with E-state index < -0.39 is 10.2 Å². The van der Waals surface area contributed by atoms with E-state index in [0.717, 1.165) is 19.3 Å². The van der Waals surface area contributed by atoms with Crippen LogP contribution in [-0.4, -0.2) is 34.1 Å². The van der Waals surface area contributed by atoms with E-state index in [0.29, 0.717) is 6.54 Å². The first-order valence-corrected chi connectivity index (χ1v) is 6.46. The van der Waals surface area contributed by atoms with E-state index in [1.54, 1.807) is 7.05 Å². The summed E-state index contributed by atoms with van der Waals surface area (Å²) in [4.78, 5) is 0. The van der Waals surface area contributed by atoms with Crippen molar-refractivity contribution in [3.63, 3.8) is 0 Å². The highest BCUT2D eigenvalue weighted by Crippen LogP contribution is 2.18. The summed E-state index contributed by atoms with van der Waals surface area (Å²) in [5.41, 5.74) is 0. The Morgan fingerprint density at radius 3 is 2.50 bits per heavy atom. The first-order valence-electron chi connectivity index (χ1n) is 4.97. The second kappa shape index (κ2) is 5.06. The molecular formula is C8H19N3O2S. The van der Waals surface area contributed by atoms with E-state index in [1.807, 2.05) is 6.92 Å². The smallest absolute Gasteiger partial charge is 0.277 e. The van der Waals surface area contributed by atoms with Crippen LogP contribution in [0.15, 0.2) is 0 Å². The minimum absolute atomic E-state index is 0.146. The van der Waals surface area contributed by atoms with Crippen LogP contribution in [0.4, 0.5) is 0 Å². The Balaban J connectivity index is 2.26. The van der Waals surface area contributed by atoms with Gasteiger partial charge < -0.3 is 5.32 Å². The van der Waals surface area contributed by atoms with Crippen LogP contribution < -0.4 is 14.8 Å². The van der Waals surface area contributed by atoms with Gasteiger partial charge in [-0.1, -0.05) is 6.42 Å². The van der Waals surface area contributed by atoms with Gasteiger partial charge in [0.05, 0.1) is 0 Å². The molecule has 0 aliphatic heterocycles. The van der Waals surface area contributed by atoms with Crippen LogP contribution in [0.25, 0.3) is 0 Å². The van der Waals surface area contributed by atoms with Gasteiger partial charge in [-0.3, -0.25) is 0 Å². The molecule has 3 N–H and O–H groups in total. The summed E-state index contributed by atoms with van der Waals surface area (Å²) in [6.07, 6.45) is 3.05. The van der Waals surface area contributed by atoms with Crippen molar-refractivity contribution in [2.75, 3.05) is 13.6 Å². The maximum absolute atomic E-state index is 11.4. The third-order valence-electron chi connectivity index (χ3n) is 2.50. The van der Waals surface area contributed by atoms with Crippen LogP contribution in [-0.2, 0) is 10.2 Å². The molecular weight excluding hydrogens is 202 g/mol. The van der Waals surface area contributed by atoms with Gasteiger partial charge in [-0.2, -0.15) is 13.1 Å². The summed E-state index contributed by atoms with van der Waals surface area (Å²) in [6.45, 7) is 2.34. The fourth-order valence-corrected chi connectivity index (χ4v) is 2.35. The van der Waals surface area contributed by atoms with Gasteiger partial charge in [0.15, 0.2) is 0 Å². The number of hydrogen-bond donors (Lipinski definition) is 3. The second-order valence-electron chi connectivity index (χ2n) is 3.79. The van der Waals surface area contributed by atoms with Crippen LogP contribution in [0.2, 0.25) is 0 Å². The lowest BCUT2D eigenvalue weighted by Crippen LogP contribution is -2.48. The predicted molar refractivity (Wildman–Crippen MR) is 56.2 cm³/mol. The average molecular weight is 221 g/mol. The molecule has 0 saturated heterocycles. The fraction of sp³-hybridized carbons (Fsp3) is 1.00. The Morgan fingerprint density at radius 1 is 1.43 bits per heavy atom. The molecule has 84 valence electrons. The monoisotopic (exact) mass is 221 g/mol. The highest BCUT2D eigenvalue weighted by molar-refractivity contribution is 7.87. The zero-order valence-corrected chi connectivity index (χ0v) is 9.52. The van der Waals surface area contributed by atoms with Crippen molar-refractivity contribution >= 4 is 10.2 Å². The Morgan fingerprint density at radius 2 is 2.07 bits per heavy atom. The van der Waals surface area contributed by atoms with Crippen molar-refractivity contribution in [3.05, 3.63) is 0 Å². The molecule has 0 aromatic carbocycles. The van der Waals surface area contributed by atoms with Crippen molar-refractivity contribution in [1.29, 1.82) is 0 Å². The van der Waals surface area contributed by atoms with Gasteiger partial charge in [-0.15, -0.1) is 0 Å². The van der Waals surface area contributed by atoms with Crippen LogP contribution in [0.3, 0.4) is 0 Å². The molecule has 1 fully saturated rings. The number of likely N-dealkylation sites (N-methyl/N-ethyl adjacent to an activating group) is 1. The van der Waals surface area contributed by atoms with E-state index in [1.165, 1.54) is 0 Å². The minimum Gasteiger partial charge on any atom is -0.316 e. The van der Waals surface area contributed by atoms with Crippen LogP contribution in [0, 0.1) is 0 Å². The molecule has 14 heavy (non-hydrogen) atoms.